The second-order valence-electron chi connectivity index (χ2n) is 19.9. The highest BCUT2D eigenvalue weighted by molar-refractivity contribution is 6.36. The van der Waals surface area contributed by atoms with Crippen LogP contribution in [0.1, 0.15) is 78.5 Å². The Bertz CT molecular complexity index is 3180. The van der Waals surface area contributed by atoms with E-state index in [1.165, 1.54) is 16.7 Å². The Balaban J connectivity index is 0.798. The Kier molecular flexibility index (Phi) is 14.1. The van der Waals surface area contributed by atoms with Gasteiger partial charge >= 0.3 is 6.01 Å². The number of rotatable bonds is 14. The Labute approximate surface area is 434 Å². The van der Waals surface area contributed by atoms with E-state index in [0.29, 0.717) is 74.1 Å². The molecule has 4 N–H and O–H groups in total. The first-order valence-corrected chi connectivity index (χ1v) is 25.6. The van der Waals surface area contributed by atoms with Crippen LogP contribution in [0.15, 0.2) is 85.5 Å². The fourth-order valence-electron chi connectivity index (χ4n) is 10.9. The number of ether oxygens (including phenoxy) is 1. The molecule has 74 heavy (non-hydrogen) atoms. The monoisotopic (exact) mass is 1020 g/mol. The van der Waals surface area contributed by atoms with Crippen LogP contribution in [0.3, 0.4) is 0 Å². The van der Waals surface area contributed by atoms with Crippen LogP contribution >= 0.6 is 11.6 Å². The third-order valence-electron chi connectivity index (χ3n) is 15.0. The molecule has 3 amide bonds. The number of phenolic OH excluding ortho intramolecular Hbond substituents is 2. The molecule has 2 atom stereocenters. The fourth-order valence-corrected chi connectivity index (χ4v) is 11.2. The molecule has 0 radical (unpaired) electrons. The molecule has 18 nitrogen and oxygen atoms in total. The van der Waals surface area contributed by atoms with E-state index in [9.17, 15) is 29.9 Å². The van der Waals surface area contributed by atoms with Crippen molar-refractivity contribution < 1.29 is 29.3 Å². The molecule has 0 saturated carbocycles. The molecule has 0 bridgehead atoms. The minimum Gasteiger partial charge on any atom is -0.508 e. The number of fused-ring (bicyclic) bond motifs is 2. The molecule has 4 aromatic carbocycles. The van der Waals surface area contributed by atoms with E-state index < -0.39 is 5.91 Å². The first-order chi connectivity index (χ1) is 35.8. The van der Waals surface area contributed by atoms with Gasteiger partial charge in [-0.25, -0.2) is 0 Å². The highest BCUT2D eigenvalue weighted by atomic mass is 35.5. The molecule has 4 aliphatic heterocycles. The molecule has 0 aliphatic carbocycles. The Morgan fingerprint density at radius 2 is 1.68 bits per heavy atom. The minimum atomic E-state index is -0.781. The number of carbonyl (C=O) groups excluding carboxylic acids is 3. The van der Waals surface area contributed by atoms with E-state index in [-0.39, 0.29) is 77.9 Å². The van der Waals surface area contributed by atoms with Gasteiger partial charge in [0, 0.05) is 73.6 Å². The molecular formula is C55H59ClN12O6. The predicted molar refractivity (Wildman–Crippen MR) is 280 cm³/mol. The molecule has 6 heterocycles. The minimum absolute atomic E-state index is 0.0414. The van der Waals surface area contributed by atoms with Crippen LogP contribution in [-0.2, 0) is 29.1 Å². The maximum atomic E-state index is 14.1. The highest BCUT2D eigenvalue weighted by Gasteiger charge is 2.39. The molecular weight excluding hydrogens is 960 g/mol. The van der Waals surface area contributed by atoms with E-state index in [1.54, 1.807) is 11.0 Å². The van der Waals surface area contributed by atoms with Gasteiger partial charge in [-0.15, -0.1) is 10.2 Å². The summed E-state index contributed by atoms with van der Waals surface area (Å²) in [5.41, 5.74) is 11.1. The van der Waals surface area contributed by atoms with Crippen molar-refractivity contribution in [2.75, 3.05) is 62.2 Å². The number of nitrogens with zero attached hydrogens (tertiary/aromatic N) is 11. The van der Waals surface area contributed by atoms with Crippen LogP contribution in [-0.4, -0.2) is 132 Å². The summed E-state index contributed by atoms with van der Waals surface area (Å²) in [4.78, 5) is 59.9. The number of piperidine rings is 1. The van der Waals surface area contributed by atoms with Gasteiger partial charge in [-0.05, 0) is 97.6 Å². The number of aromatic nitrogens is 5. The molecule has 382 valence electrons. The lowest BCUT2D eigenvalue weighted by Crippen LogP contribution is -2.56. The SMILES string of the molecule is C=CC(=O)N1CCN(c2nc(OCC3CCN3C(=O)C3CCN(Cc4ccc(-n5c(C(N)=O)nnc5-c5cc(C(C)C)c(O)cc5O)cc4)CC3)nc3c2CCN(c2cccc4cccc(Cl)c24)C3)CC1CC#N. The van der Waals surface area contributed by atoms with E-state index in [0.717, 1.165) is 71.5 Å². The number of carbonyl (C=O) groups is 3. The number of phenols is 2. The molecule has 10 rings (SSSR count). The van der Waals surface area contributed by atoms with Gasteiger partial charge in [0.2, 0.25) is 17.6 Å². The van der Waals surface area contributed by atoms with E-state index >= 15 is 0 Å². The number of piperazine rings is 1. The third kappa shape index (κ3) is 9.76. The fraction of sp³-hybridized carbons (Fsp3) is 0.382. The van der Waals surface area contributed by atoms with E-state index in [4.69, 9.17) is 32.0 Å². The quantitative estimate of drug-likeness (QED) is 0.0963. The summed E-state index contributed by atoms with van der Waals surface area (Å²) in [5, 5.41) is 42.0. The summed E-state index contributed by atoms with van der Waals surface area (Å²) in [7, 11) is 0. The van der Waals surface area contributed by atoms with Gasteiger partial charge in [-0.3, -0.25) is 23.9 Å². The number of anilines is 2. The standard InChI is InChI=1S/C55H59ClN12O6/c1-4-48(71)66-26-25-65(30-38(66)15-20-57)51-40-19-23-64(45-10-6-8-35-7-5-9-43(56)49(35)45)31-44(40)59-55(60-51)74-32-39-18-24-67(39)54(73)36-16-21-63(22-17-36)29-34-11-13-37(14-12-34)68-52(61-62-53(68)50(58)72)42-27-41(33(2)3)46(69)28-47(42)70/h4-14,27-28,33,36,38-39,69-70H,1,15-19,21-26,29-32H2,2-3H3,(H2,58,72). The number of nitrogens with two attached hydrogens (primary N) is 1. The first-order valence-electron chi connectivity index (χ1n) is 25.2. The summed E-state index contributed by atoms with van der Waals surface area (Å²) in [6, 6.07) is 24.7. The van der Waals surface area contributed by atoms with Crippen molar-refractivity contribution >= 4 is 51.6 Å². The van der Waals surface area contributed by atoms with Gasteiger partial charge in [-0.1, -0.05) is 68.4 Å². The summed E-state index contributed by atoms with van der Waals surface area (Å²) < 4.78 is 7.98. The lowest BCUT2D eigenvalue weighted by atomic mass is 9.92. The number of nitriles is 1. The largest absolute Gasteiger partial charge is 0.508 e. The Hall–Kier alpha value is -7.75. The highest BCUT2D eigenvalue weighted by Crippen LogP contribution is 2.40. The summed E-state index contributed by atoms with van der Waals surface area (Å²) in [5.74, 6) is -0.398. The van der Waals surface area contributed by atoms with Crippen molar-refractivity contribution in [2.24, 2.45) is 11.7 Å². The zero-order valence-electron chi connectivity index (χ0n) is 41.5. The maximum Gasteiger partial charge on any atom is 0.318 e. The number of halogens is 1. The summed E-state index contributed by atoms with van der Waals surface area (Å²) >= 11 is 6.80. The lowest BCUT2D eigenvalue weighted by molar-refractivity contribution is -0.146. The first kappa shape index (κ1) is 49.8. The molecule has 2 unspecified atom stereocenters. The number of hydrogen-bond acceptors (Lipinski definition) is 14. The Morgan fingerprint density at radius 1 is 0.905 bits per heavy atom. The van der Waals surface area contributed by atoms with Gasteiger partial charge in [0.1, 0.15) is 23.9 Å². The van der Waals surface area contributed by atoms with Crippen molar-refractivity contribution in [1.29, 1.82) is 5.26 Å². The number of hydrogen-bond donors (Lipinski definition) is 3. The maximum absolute atomic E-state index is 14.1. The van der Waals surface area contributed by atoms with Crippen LogP contribution in [0.4, 0.5) is 11.5 Å². The van der Waals surface area contributed by atoms with Gasteiger partial charge in [-0.2, -0.15) is 15.2 Å². The average Bonchev–Trinajstić information content (AvgIpc) is 3.84. The topological polar surface area (TPSA) is 223 Å². The molecule has 4 aliphatic rings. The smallest absolute Gasteiger partial charge is 0.318 e. The second kappa shape index (κ2) is 21.0. The normalized spacial score (nSPS) is 18.3. The van der Waals surface area contributed by atoms with Gasteiger partial charge in [0.05, 0.1) is 47.4 Å². The van der Waals surface area contributed by atoms with Crippen LogP contribution in [0.5, 0.6) is 17.5 Å². The second-order valence-corrected chi connectivity index (χ2v) is 20.3. The van der Waals surface area contributed by atoms with Crippen molar-refractivity contribution in [2.45, 2.75) is 77.0 Å². The lowest BCUT2D eigenvalue weighted by Gasteiger charge is -2.44. The van der Waals surface area contributed by atoms with Crippen LogP contribution in [0, 0.1) is 17.2 Å². The zero-order valence-corrected chi connectivity index (χ0v) is 42.3. The number of amides is 3. The Morgan fingerprint density at radius 3 is 2.38 bits per heavy atom. The van der Waals surface area contributed by atoms with E-state index in [1.807, 2.05) is 61.2 Å². The predicted octanol–water partition coefficient (Wildman–Crippen LogP) is 6.74. The zero-order chi connectivity index (χ0) is 51.8. The van der Waals surface area contributed by atoms with E-state index in [2.05, 4.69) is 55.7 Å². The third-order valence-corrected chi connectivity index (χ3v) is 15.3. The molecule has 2 aromatic heterocycles. The van der Waals surface area contributed by atoms with Crippen LogP contribution in [0.2, 0.25) is 5.02 Å². The number of primary amides is 1. The van der Waals surface area contributed by atoms with Crippen LogP contribution in [0.25, 0.3) is 27.8 Å². The summed E-state index contributed by atoms with van der Waals surface area (Å²) in [6.45, 7) is 13.1. The number of likely N-dealkylation sites (tertiary alicyclic amines) is 2. The van der Waals surface area contributed by atoms with Crippen molar-refractivity contribution in [3.05, 3.63) is 119 Å². The number of benzene rings is 4. The average molecular weight is 1020 g/mol. The van der Waals surface area contributed by atoms with Gasteiger partial charge < -0.3 is 40.3 Å². The van der Waals surface area contributed by atoms with Gasteiger partial charge in [0.25, 0.3) is 5.91 Å². The number of aromatic hydroxyl groups is 2. The molecule has 3 saturated heterocycles. The van der Waals surface area contributed by atoms with Crippen LogP contribution < -0.4 is 20.3 Å². The summed E-state index contributed by atoms with van der Waals surface area (Å²) in [6.07, 6.45) is 4.37. The van der Waals surface area contributed by atoms with Crippen molar-refractivity contribution in [3.63, 3.8) is 0 Å². The van der Waals surface area contributed by atoms with Gasteiger partial charge in [0.15, 0.2) is 5.82 Å². The molecule has 0 spiro atoms. The van der Waals surface area contributed by atoms with Crippen molar-refractivity contribution in [3.8, 4) is 40.7 Å². The molecule has 6 aromatic rings. The van der Waals surface area contributed by atoms with Crippen molar-refractivity contribution in [1.82, 2.24) is 39.4 Å². The molecule has 3 fully saturated rings. The molecule has 19 heteroatoms.